The van der Waals surface area contributed by atoms with Gasteiger partial charge in [0.05, 0.1) is 50.2 Å². The Morgan fingerprint density at radius 2 is 1.83 bits per heavy atom. The summed E-state index contributed by atoms with van der Waals surface area (Å²) in [7, 11) is 0. The van der Waals surface area contributed by atoms with Gasteiger partial charge in [-0.25, -0.2) is 0 Å². The second-order valence-electron chi connectivity index (χ2n) is 7.13. The zero-order chi connectivity index (χ0) is 21.0. The maximum atomic E-state index is 10.1. The average molecular weight is 390 g/mol. The molecule has 0 amide bonds. The maximum Gasteiger partial charge on any atom is 0.189 e. The molecule has 1 heterocycles. The number of fused-ring (bicyclic) bond motifs is 1. The maximum absolute atomic E-state index is 10.1. The highest BCUT2D eigenvalue weighted by atomic mass is 16.5. The largest absolute Gasteiger partial charge is 0.490 e. The van der Waals surface area contributed by atoms with Crippen molar-refractivity contribution in [1.82, 2.24) is 0 Å². The monoisotopic (exact) mass is 390 g/mol. The highest BCUT2D eigenvalue weighted by Gasteiger charge is 2.58. The average Bonchev–Trinajstić information content (AvgIpc) is 2.75. The lowest BCUT2D eigenvalue weighted by atomic mass is 9.54. The second kappa shape index (κ2) is 8.35. The van der Waals surface area contributed by atoms with E-state index in [-0.39, 0.29) is 11.6 Å². The third-order valence-corrected chi connectivity index (χ3v) is 5.69. The summed E-state index contributed by atoms with van der Waals surface area (Å²) in [5.74, 6) is -0.430. The molecule has 7 heteroatoms. The standard InChI is InChI=1S/C22H23N5O2/c1-3-28-18-6-5-14(9-19(18)29-4-2)20-17-11-27-8-7-15(17)16(10-23)21(26)22(20,12-24)13-25/h5-7,9,16-17,20,26-27H,3-4,8,11H2,1-2H3/p+1/t16-,17-,20-/m0/s1. The zero-order valence-corrected chi connectivity index (χ0v) is 16.6. The Morgan fingerprint density at radius 3 is 2.45 bits per heavy atom. The van der Waals surface area contributed by atoms with Gasteiger partial charge in [0.2, 0.25) is 0 Å². The third kappa shape index (κ3) is 3.23. The quantitative estimate of drug-likeness (QED) is 0.742. The van der Waals surface area contributed by atoms with Gasteiger partial charge >= 0.3 is 0 Å². The summed E-state index contributed by atoms with van der Waals surface area (Å²) >= 11 is 0. The predicted molar refractivity (Wildman–Crippen MR) is 105 cm³/mol. The normalized spacial score (nSPS) is 24.9. The van der Waals surface area contributed by atoms with Gasteiger partial charge in [0, 0.05) is 11.8 Å². The predicted octanol–water partition coefficient (Wildman–Crippen LogP) is 1.89. The first-order valence-electron chi connectivity index (χ1n) is 9.80. The molecule has 3 N–H and O–H groups in total. The molecule has 2 aliphatic rings. The number of hydrogen-bond acceptors (Lipinski definition) is 6. The van der Waals surface area contributed by atoms with Crippen molar-refractivity contribution in [2.45, 2.75) is 19.8 Å². The van der Waals surface area contributed by atoms with E-state index in [4.69, 9.17) is 14.9 Å². The highest BCUT2D eigenvalue weighted by molar-refractivity contribution is 6.00. The fourth-order valence-corrected chi connectivity index (χ4v) is 4.47. The molecule has 29 heavy (non-hydrogen) atoms. The van der Waals surface area contributed by atoms with Gasteiger partial charge in [-0.05, 0) is 43.2 Å². The smallest absolute Gasteiger partial charge is 0.189 e. The number of rotatable bonds is 5. The van der Waals surface area contributed by atoms with Crippen LogP contribution < -0.4 is 14.8 Å². The van der Waals surface area contributed by atoms with E-state index in [0.717, 1.165) is 17.7 Å². The molecule has 1 aromatic rings. The van der Waals surface area contributed by atoms with E-state index in [1.54, 1.807) is 6.07 Å². The van der Waals surface area contributed by atoms with Gasteiger partial charge < -0.3 is 20.2 Å². The summed E-state index contributed by atoms with van der Waals surface area (Å²) < 4.78 is 11.4. The van der Waals surface area contributed by atoms with Crippen LogP contribution in [0.2, 0.25) is 0 Å². The molecule has 1 fully saturated rings. The Morgan fingerprint density at radius 1 is 1.14 bits per heavy atom. The van der Waals surface area contributed by atoms with Crippen LogP contribution in [0.1, 0.15) is 25.3 Å². The van der Waals surface area contributed by atoms with Gasteiger partial charge in [0.1, 0.15) is 5.92 Å². The second-order valence-corrected chi connectivity index (χ2v) is 7.13. The first kappa shape index (κ1) is 20.4. The minimum Gasteiger partial charge on any atom is -0.490 e. The van der Waals surface area contributed by atoms with E-state index in [1.807, 2.05) is 32.1 Å². The van der Waals surface area contributed by atoms with E-state index in [9.17, 15) is 15.8 Å². The minimum absolute atomic E-state index is 0.133. The van der Waals surface area contributed by atoms with Gasteiger partial charge in [-0.2, -0.15) is 15.8 Å². The summed E-state index contributed by atoms with van der Waals surface area (Å²) in [5.41, 5.74) is -0.249. The zero-order valence-electron chi connectivity index (χ0n) is 16.6. The van der Waals surface area contributed by atoms with E-state index >= 15 is 0 Å². The molecular weight excluding hydrogens is 366 g/mol. The van der Waals surface area contributed by atoms with E-state index in [0.29, 0.717) is 31.3 Å². The molecule has 1 aliphatic carbocycles. The molecule has 0 saturated heterocycles. The number of benzene rings is 1. The SMILES string of the molecule is CCOc1ccc([C@H]2[C@H]3C[NH2+]CC=C3[C@H](C#N)C(=N)C2(C#N)C#N)cc1OCC. The van der Waals surface area contributed by atoms with Crippen molar-refractivity contribution in [3.8, 4) is 29.7 Å². The van der Waals surface area contributed by atoms with Crippen LogP contribution in [0.5, 0.6) is 11.5 Å². The van der Waals surface area contributed by atoms with Crippen molar-refractivity contribution in [1.29, 1.82) is 21.2 Å². The summed E-state index contributed by atoms with van der Waals surface area (Å²) in [6.07, 6.45) is 1.97. The first-order chi connectivity index (χ1) is 14.1. The Kier molecular flexibility index (Phi) is 5.87. The fraction of sp³-hybridized carbons (Fsp3) is 0.455. The number of ether oxygens (including phenoxy) is 2. The lowest BCUT2D eigenvalue weighted by Crippen LogP contribution is -2.87. The number of nitriles is 3. The molecule has 0 bridgehead atoms. The Bertz CT molecular complexity index is 949. The Labute approximate surface area is 170 Å². The third-order valence-electron chi connectivity index (χ3n) is 5.69. The lowest BCUT2D eigenvalue weighted by Gasteiger charge is -2.44. The van der Waals surface area contributed by atoms with Crippen molar-refractivity contribution < 1.29 is 14.8 Å². The van der Waals surface area contributed by atoms with E-state index < -0.39 is 17.3 Å². The number of nitrogens with two attached hydrogens (primary N) is 1. The van der Waals surface area contributed by atoms with Crippen LogP contribution in [0.15, 0.2) is 29.8 Å². The number of nitrogens with one attached hydrogen (secondary N) is 1. The highest BCUT2D eigenvalue weighted by Crippen LogP contribution is 2.53. The lowest BCUT2D eigenvalue weighted by molar-refractivity contribution is -0.654. The van der Waals surface area contributed by atoms with Gasteiger partial charge in [0.15, 0.2) is 16.9 Å². The summed E-state index contributed by atoms with van der Waals surface area (Å²) in [6, 6.07) is 11.8. The Balaban J connectivity index is 2.21. The minimum atomic E-state index is -1.70. The molecule has 0 radical (unpaired) electrons. The van der Waals surface area contributed by atoms with Crippen LogP contribution in [0.4, 0.5) is 0 Å². The van der Waals surface area contributed by atoms with Crippen LogP contribution in [-0.4, -0.2) is 32.0 Å². The van der Waals surface area contributed by atoms with Gasteiger partial charge in [-0.15, -0.1) is 0 Å². The molecule has 0 spiro atoms. The van der Waals surface area contributed by atoms with Crippen molar-refractivity contribution in [2.75, 3.05) is 26.3 Å². The molecule has 1 aliphatic heterocycles. The summed E-state index contributed by atoms with van der Waals surface area (Å²) in [4.78, 5) is 0. The molecule has 0 unspecified atom stereocenters. The van der Waals surface area contributed by atoms with E-state index in [1.165, 1.54) is 0 Å². The molecule has 148 valence electrons. The number of hydrogen-bond donors (Lipinski definition) is 2. The topological polar surface area (TPSA) is 130 Å². The van der Waals surface area contributed by atoms with Gasteiger partial charge in [0.25, 0.3) is 0 Å². The molecule has 0 aromatic heterocycles. The molecule has 3 rings (SSSR count). The first-order valence-corrected chi connectivity index (χ1v) is 9.80. The van der Waals surface area contributed by atoms with Crippen molar-refractivity contribution in [3.05, 3.63) is 35.4 Å². The number of nitrogens with zero attached hydrogens (tertiary/aromatic N) is 3. The van der Waals surface area contributed by atoms with Crippen LogP contribution in [0.25, 0.3) is 0 Å². The van der Waals surface area contributed by atoms with E-state index in [2.05, 4.69) is 23.5 Å². The van der Waals surface area contributed by atoms with Crippen LogP contribution in [0.3, 0.4) is 0 Å². The molecule has 1 saturated carbocycles. The van der Waals surface area contributed by atoms with Crippen molar-refractivity contribution >= 4 is 5.71 Å². The van der Waals surface area contributed by atoms with Crippen LogP contribution in [-0.2, 0) is 0 Å². The molecule has 1 aromatic carbocycles. The summed E-state index contributed by atoms with van der Waals surface area (Å²) in [5, 5.41) is 40.5. The van der Waals surface area contributed by atoms with Crippen LogP contribution >= 0.6 is 0 Å². The molecular formula is C22H24N5O2+. The van der Waals surface area contributed by atoms with Crippen molar-refractivity contribution in [3.63, 3.8) is 0 Å². The number of quaternary nitrogens is 1. The Hall–Kier alpha value is -3.34. The fourth-order valence-electron chi connectivity index (χ4n) is 4.47. The van der Waals surface area contributed by atoms with Crippen LogP contribution in [0, 0.1) is 56.7 Å². The van der Waals surface area contributed by atoms with Gasteiger partial charge in [-0.1, -0.05) is 6.07 Å². The van der Waals surface area contributed by atoms with Gasteiger partial charge in [-0.3, -0.25) is 0 Å². The molecule has 7 nitrogen and oxygen atoms in total. The molecule has 3 atom stereocenters. The van der Waals surface area contributed by atoms with Crippen molar-refractivity contribution in [2.24, 2.45) is 17.3 Å². The summed E-state index contributed by atoms with van der Waals surface area (Å²) in [6.45, 7) is 6.09.